The van der Waals surface area contributed by atoms with Crippen molar-refractivity contribution in [2.45, 2.75) is 19.5 Å². The van der Waals surface area contributed by atoms with E-state index in [9.17, 15) is 4.79 Å². The van der Waals surface area contributed by atoms with E-state index >= 15 is 0 Å². The summed E-state index contributed by atoms with van der Waals surface area (Å²) in [6.45, 7) is 8.88. The third kappa shape index (κ3) is 4.85. The van der Waals surface area contributed by atoms with Crippen molar-refractivity contribution in [1.29, 1.82) is 0 Å². The van der Waals surface area contributed by atoms with Crippen LogP contribution in [0.1, 0.15) is 12.5 Å². The Labute approximate surface area is 233 Å². The maximum atomic E-state index is 12.1. The molecule has 40 heavy (non-hydrogen) atoms. The number of aromatic nitrogens is 4. The van der Waals surface area contributed by atoms with Crippen molar-refractivity contribution in [3.05, 3.63) is 103 Å². The average molecular weight is 530 g/mol. The minimum absolute atomic E-state index is 0.00171. The van der Waals surface area contributed by atoms with Crippen LogP contribution in [0.5, 0.6) is 0 Å². The normalized spacial score (nSPS) is 15.8. The molecule has 1 saturated heterocycles. The monoisotopic (exact) mass is 529 g/mol. The number of nitrogens with two attached hydrogens (primary N) is 1. The first-order chi connectivity index (χ1) is 19.5. The highest BCUT2D eigenvalue weighted by atomic mass is 16.2. The van der Waals surface area contributed by atoms with Crippen LogP contribution >= 0.6 is 0 Å². The quantitative estimate of drug-likeness (QED) is 0.313. The van der Waals surface area contributed by atoms with Gasteiger partial charge in [-0.1, -0.05) is 49.0 Å². The molecular weight excluding hydrogens is 498 g/mol. The van der Waals surface area contributed by atoms with Gasteiger partial charge in [0.2, 0.25) is 5.91 Å². The summed E-state index contributed by atoms with van der Waals surface area (Å²) in [5, 5.41) is 0. The minimum Gasteiger partial charge on any atom is -0.383 e. The van der Waals surface area contributed by atoms with E-state index in [-0.39, 0.29) is 11.9 Å². The predicted octanol–water partition coefficient (Wildman–Crippen LogP) is 4.95. The Kier molecular flexibility index (Phi) is 6.84. The number of hydrogen-bond acceptors (Lipinski definition) is 6. The van der Waals surface area contributed by atoms with E-state index in [1.165, 1.54) is 11.6 Å². The van der Waals surface area contributed by atoms with Gasteiger partial charge in [-0.25, -0.2) is 15.0 Å². The number of carbonyl (C=O) groups is 1. The lowest BCUT2D eigenvalue weighted by atomic mass is 10.1. The summed E-state index contributed by atoms with van der Waals surface area (Å²) in [6.07, 6.45) is 3.08. The second kappa shape index (κ2) is 10.7. The third-order valence-electron chi connectivity index (χ3n) is 7.42. The summed E-state index contributed by atoms with van der Waals surface area (Å²) in [7, 11) is 0. The van der Waals surface area contributed by atoms with E-state index in [1.54, 1.807) is 6.20 Å². The zero-order valence-electron chi connectivity index (χ0n) is 22.4. The van der Waals surface area contributed by atoms with Gasteiger partial charge < -0.3 is 10.6 Å². The van der Waals surface area contributed by atoms with Crippen molar-refractivity contribution in [2.75, 3.05) is 25.4 Å². The average Bonchev–Trinajstić information content (AvgIpc) is 3.36. The number of pyridine rings is 2. The maximum Gasteiger partial charge on any atom is 0.246 e. The lowest BCUT2D eigenvalue weighted by molar-refractivity contribution is -0.130. The number of anilines is 1. The molecule has 4 heterocycles. The zero-order valence-corrected chi connectivity index (χ0v) is 22.4. The molecule has 1 atom stereocenters. The lowest BCUT2D eigenvalue weighted by Crippen LogP contribution is -2.53. The highest BCUT2D eigenvalue weighted by Gasteiger charge is 2.26. The van der Waals surface area contributed by atoms with Crippen molar-refractivity contribution in [2.24, 2.45) is 0 Å². The van der Waals surface area contributed by atoms with Gasteiger partial charge in [0, 0.05) is 49.7 Å². The molecule has 0 aliphatic carbocycles. The van der Waals surface area contributed by atoms with Crippen LogP contribution in [0, 0.1) is 0 Å². The van der Waals surface area contributed by atoms with Gasteiger partial charge in [-0.2, -0.15) is 0 Å². The highest BCUT2D eigenvalue weighted by molar-refractivity contribution is 5.87. The largest absolute Gasteiger partial charge is 0.383 e. The van der Waals surface area contributed by atoms with E-state index in [2.05, 4.69) is 64.4 Å². The van der Waals surface area contributed by atoms with Crippen molar-refractivity contribution in [3.63, 3.8) is 0 Å². The predicted molar refractivity (Wildman–Crippen MR) is 159 cm³/mol. The Hall–Kier alpha value is -4.82. The zero-order chi connectivity index (χ0) is 27.6. The summed E-state index contributed by atoms with van der Waals surface area (Å²) in [5.74, 6) is 1.11. The van der Waals surface area contributed by atoms with Crippen molar-refractivity contribution in [3.8, 4) is 28.3 Å². The molecule has 0 unspecified atom stereocenters. The van der Waals surface area contributed by atoms with Crippen molar-refractivity contribution in [1.82, 2.24) is 29.3 Å². The van der Waals surface area contributed by atoms with Gasteiger partial charge in [-0.3, -0.25) is 14.3 Å². The van der Waals surface area contributed by atoms with E-state index in [4.69, 9.17) is 15.7 Å². The molecule has 1 aliphatic heterocycles. The Morgan fingerprint density at radius 3 is 2.52 bits per heavy atom. The Balaban J connectivity index is 1.35. The smallest absolute Gasteiger partial charge is 0.246 e. The fourth-order valence-corrected chi connectivity index (χ4v) is 5.39. The van der Waals surface area contributed by atoms with Crippen LogP contribution in [0.4, 0.5) is 5.82 Å². The molecule has 8 heteroatoms. The van der Waals surface area contributed by atoms with Crippen LogP contribution < -0.4 is 5.73 Å². The number of nitrogens with zero attached hydrogens (tertiary/aromatic N) is 6. The molecule has 0 saturated carbocycles. The van der Waals surface area contributed by atoms with Crippen LogP contribution in [0.15, 0.2) is 97.7 Å². The third-order valence-corrected chi connectivity index (χ3v) is 7.42. The van der Waals surface area contributed by atoms with E-state index < -0.39 is 0 Å². The topological polar surface area (TPSA) is 93.2 Å². The summed E-state index contributed by atoms with van der Waals surface area (Å²) in [4.78, 5) is 30.7. The van der Waals surface area contributed by atoms with Gasteiger partial charge in [-0.05, 0) is 55.0 Å². The van der Waals surface area contributed by atoms with Crippen LogP contribution in [0.3, 0.4) is 0 Å². The number of fused-ring (bicyclic) bond motifs is 1. The maximum absolute atomic E-state index is 12.1. The number of hydrogen-bond donors (Lipinski definition) is 1. The van der Waals surface area contributed by atoms with Gasteiger partial charge in [0.05, 0.1) is 11.3 Å². The summed E-state index contributed by atoms with van der Waals surface area (Å²) >= 11 is 0. The summed E-state index contributed by atoms with van der Waals surface area (Å²) in [5.41, 5.74) is 12.6. The van der Waals surface area contributed by atoms with Crippen LogP contribution in [0.25, 0.3) is 39.5 Å². The molecule has 1 aliphatic rings. The van der Waals surface area contributed by atoms with Gasteiger partial charge >= 0.3 is 0 Å². The first kappa shape index (κ1) is 25.5. The van der Waals surface area contributed by atoms with Crippen molar-refractivity contribution < 1.29 is 4.79 Å². The minimum atomic E-state index is -0.00171. The van der Waals surface area contributed by atoms with Crippen LogP contribution in [-0.4, -0.2) is 60.9 Å². The summed E-state index contributed by atoms with van der Waals surface area (Å²) < 4.78 is 2.06. The van der Waals surface area contributed by atoms with Gasteiger partial charge in [0.1, 0.15) is 11.3 Å². The second-order valence-electron chi connectivity index (χ2n) is 10.1. The molecule has 3 aromatic heterocycles. The SMILES string of the molecule is C=CC(=O)N1CCN(Cc2ccc(-n3c(-c4cccnc4N)nc4ccc(-c5ccccc5)nc43)cc2)C[C@H]1C. The molecular formula is C32H31N7O. The van der Waals surface area contributed by atoms with E-state index in [0.717, 1.165) is 53.3 Å². The Morgan fingerprint density at radius 2 is 1.80 bits per heavy atom. The van der Waals surface area contributed by atoms with Gasteiger partial charge in [-0.15, -0.1) is 0 Å². The molecule has 1 amide bonds. The van der Waals surface area contributed by atoms with E-state index in [1.807, 2.05) is 47.4 Å². The molecule has 0 radical (unpaired) electrons. The molecule has 2 aromatic carbocycles. The molecule has 6 rings (SSSR count). The standard InChI is InChI=1S/C32H31N7O/c1-3-29(40)38-19-18-37(20-22(38)2)21-23-11-13-25(14-12-23)39-31(26-10-7-17-34-30(26)33)36-28-16-15-27(35-32(28)39)24-8-5-4-6-9-24/h3-17,22H,1,18-21H2,2H3,(H2,33,34)/t22-/m1/s1. The van der Waals surface area contributed by atoms with Crippen LogP contribution in [-0.2, 0) is 11.3 Å². The fourth-order valence-electron chi connectivity index (χ4n) is 5.39. The number of piperazine rings is 1. The van der Waals surface area contributed by atoms with Crippen LogP contribution in [0.2, 0.25) is 0 Å². The number of amides is 1. The Bertz CT molecular complexity index is 1680. The molecule has 1 fully saturated rings. The molecule has 5 aromatic rings. The number of benzene rings is 2. The molecule has 2 N–H and O–H groups in total. The van der Waals surface area contributed by atoms with E-state index in [0.29, 0.717) is 18.2 Å². The molecule has 200 valence electrons. The van der Waals surface area contributed by atoms with Gasteiger partial charge in [0.25, 0.3) is 0 Å². The Morgan fingerprint density at radius 1 is 1.00 bits per heavy atom. The number of rotatable bonds is 6. The second-order valence-corrected chi connectivity index (χ2v) is 10.1. The number of carbonyl (C=O) groups excluding carboxylic acids is 1. The van der Waals surface area contributed by atoms with Crippen molar-refractivity contribution >= 4 is 22.9 Å². The number of imidazole rings is 1. The summed E-state index contributed by atoms with van der Waals surface area (Å²) in [6, 6.07) is 26.6. The van der Waals surface area contributed by atoms with Gasteiger partial charge in [0.15, 0.2) is 11.5 Å². The molecule has 0 bridgehead atoms. The fraction of sp³-hybridized carbons (Fsp3) is 0.188. The molecule has 0 spiro atoms. The lowest BCUT2D eigenvalue weighted by Gasteiger charge is -2.39. The number of nitrogen functional groups attached to an aromatic ring is 1. The highest BCUT2D eigenvalue weighted by Crippen LogP contribution is 2.32. The first-order valence-electron chi connectivity index (χ1n) is 13.4. The first-order valence-corrected chi connectivity index (χ1v) is 13.4. The molecule has 8 nitrogen and oxygen atoms in total.